The van der Waals surface area contributed by atoms with E-state index < -0.39 is 0 Å². The summed E-state index contributed by atoms with van der Waals surface area (Å²) in [4.78, 5) is 24.2. The lowest BCUT2D eigenvalue weighted by Crippen LogP contribution is -2.39. The fourth-order valence-corrected chi connectivity index (χ4v) is 3.15. The molecule has 5 heteroatoms. The molecule has 0 saturated heterocycles. The minimum absolute atomic E-state index is 0.00122. The molecule has 1 aliphatic carbocycles. The Labute approximate surface area is 143 Å². The van der Waals surface area contributed by atoms with Gasteiger partial charge in [-0.3, -0.25) is 9.59 Å². The molecule has 132 valence electrons. The van der Waals surface area contributed by atoms with Crippen LogP contribution in [0.1, 0.15) is 45.1 Å². The maximum Gasteiger partial charge on any atom is 0.223 e. The zero-order chi connectivity index (χ0) is 17.5. The Morgan fingerprint density at radius 1 is 1.04 bits per heavy atom. The summed E-state index contributed by atoms with van der Waals surface area (Å²) in [5.74, 6) is -0.0296. The van der Waals surface area contributed by atoms with E-state index >= 15 is 0 Å². The van der Waals surface area contributed by atoms with E-state index in [0.717, 1.165) is 31.2 Å². The van der Waals surface area contributed by atoms with Gasteiger partial charge in [-0.25, -0.2) is 4.39 Å². The van der Waals surface area contributed by atoms with Crippen LogP contribution in [0.5, 0.6) is 0 Å². The van der Waals surface area contributed by atoms with Crippen molar-refractivity contribution in [1.82, 2.24) is 10.6 Å². The lowest BCUT2D eigenvalue weighted by molar-refractivity contribution is -0.130. The quantitative estimate of drug-likeness (QED) is 0.840. The van der Waals surface area contributed by atoms with Gasteiger partial charge in [0.2, 0.25) is 11.8 Å². The van der Waals surface area contributed by atoms with Crippen LogP contribution in [0.2, 0.25) is 0 Å². The topological polar surface area (TPSA) is 58.2 Å². The highest BCUT2D eigenvalue weighted by Crippen LogP contribution is 2.29. The van der Waals surface area contributed by atoms with Crippen molar-refractivity contribution in [3.05, 3.63) is 35.6 Å². The van der Waals surface area contributed by atoms with Crippen LogP contribution in [0.4, 0.5) is 4.39 Å². The molecule has 0 aromatic heterocycles. The second kappa shape index (κ2) is 8.81. The van der Waals surface area contributed by atoms with Gasteiger partial charge in [-0.15, -0.1) is 0 Å². The van der Waals surface area contributed by atoms with Crippen molar-refractivity contribution >= 4 is 11.8 Å². The monoisotopic (exact) mass is 334 g/mol. The molecule has 1 aliphatic rings. The minimum Gasteiger partial charge on any atom is -0.356 e. The van der Waals surface area contributed by atoms with E-state index in [9.17, 15) is 14.0 Å². The van der Waals surface area contributed by atoms with Gasteiger partial charge in [-0.1, -0.05) is 12.1 Å². The fourth-order valence-electron chi connectivity index (χ4n) is 3.15. The van der Waals surface area contributed by atoms with Crippen LogP contribution in [0, 0.1) is 17.7 Å². The minimum atomic E-state index is -0.249. The zero-order valence-corrected chi connectivity index (χ0v) is 14.5. The summed E-state index contributed by atoms with van der Waals surface area (Å²) in [6, 6.07) is 6.49. The Morgan fingerprint density at radius 2 is 1.58 bits per heavy atom. The molecule has 2 rings (SSSR count). The van der Waals surface area contributed by atoms with Crippen molar-refractivity contribution in [3.8, 4) is 0 Å². The Kier molecular flexibility index (Phi) is 6.76. The van der Waals surface area contributed by atoms with Crippen LogP contribution in [-0.2, 0) is 16.0 Å². The van der Waals surface area contributed by atoms with Crippen molar-refractivity contribution in [2.45, 2.75) is 52.0 Å². The van der Waals surface area contributed by atoms with E-state index in [2.05, 4.69) is 10.6 Å². The zero-order valence-electron chi connectivity index (χ0n) is 14.5. The van der Waals surface area contributed by atoms with E-state index in [4.69, 9.17) is 0 Å². The third-order valence-corrected chi connectivity index (χ3v) is 4.53. The Morgan fingerprint density at radius 3 is 2.12 bits per heavy atom. The molecule has 0 radical (unpaired) electrons. The van der Waals surface area contributed by atoms with Crippen LogP contribution in [-0.4, -0.2) is 24.4 Å². The van der Waals surface area contributed by atoms with E-state index in [1.165, 1.54) is 12.1 Å². The molecule has 1 saturated carbocycles. The highest BCUT2D eigenvalue weighted by molar-refractivity contribution is 5.81. The maximum atomic E-state index is 12.8. The lowest BCUT2D eigenvalue weighted by Gasteiger charge is -2.27. The number of carbonyl (C=O) groups is 2. The average Bonchev–Trinajstić information content (AvgIpc) is 2.56. The van der Waals surface area contributed by atoms with Crippen LogP contribution in [0.3, 0.4) is 0 Å². The lowest BCUT2D eigenvalue weighted by atomic mass is 9.81. The molecule has 0 heterocycles. The average molecular weight is 334 g/mol. The molecular formula is C19H27FN2O2. The van der Waals surface area contributed by atoms with Crippen molar-refractivity contribution in [2.75, 3.05) is 6.54 Å². The van der Waals surface area contributed by atoms with E-state index in [1.807, 2.05) is 13.8 Å². The molecule has 0 unspecified atom stereocenters. The SMILES string of the molecule is CC(C)NC(=O)C1CCC(C(=O)NCCc2ccc(F)cc2)CC1. The maximum absolute atomic E-state index is 12.8. The third kappa shape index (κ3) is 5.62. The second-order valence-electron chi connectivity index (χ2n) is 6.88. The molecule has 1 aromatic carbocycles. The van der Waals surface area contributed by atoms with Crippen molar-refractivity contribution in [1.29, 1.82) is 0 Å². The highest BCUT2D eigenvalue weighted by atomic mass is 19.1. The van der Waals surface area contributed by atoms with Gasteiger partial charge in [0.05, 0.1) is 0 Å². The van der Waals surface area contributed by atoms with Gasteiger partial charge in [0, 0.05) is 24.4 Å². The number of hydrogen-bond acceptors (Lipinski definition) is 2. The molecule has 0 aliphatic heterocycles. The van der Waals surface area contributed by atoms with Gasteiger partial charge < -0.3 is 10.6 Å². The van der Waals surface area contributed by atoms with Crippen molar-refractivity contribution < 1.29 is 14.0 Å². The number of hydrogen-bond donors (Lipinski definition) is 2. The number of rotatable bonds is 6. The molecule has 0 bridgehead atoms. The van der Waals surface area contributed by atoms with Crippen LogP contribution >= 0.6 is 0 Å². The Balaban J connectivity index is 1.69. The van der Waals surface area contributed by atoms with Gasteiger partial charge in [0.15, 0.2) is 0 Å². The van der Waals surface area contributed by atoms with Crippen LogP contribution < -0.4 is 10.6 Å². The standard InChI is InChI=1S/C19H27FN2O2/c1-13(2)22-19(24)16-7-5-15(6-8-16)18(23)21-12-11-14-3-9-17(20)10-4-14/h3-4,9-10,13,15-16H,5-8,11-12H2,1-2H3,(H,21,23)(H,22,24). The van der Waals surface area contributed by atoms with Crippen LogP contribution in [0.25, 0.3) is 0 Å². The summed E-state index contributed by atoms with van der Waals surface area (Å²) in [7, 11) is 0. The molecular weight excluding hydrogens is 307 g/mol. The number of halogens is 1. The molecule has 0 atom stereocenters. The first-order chi connectivity index (χ1) is 11.5. The summed E-state index contributed by atoms with van der Waals surface area (Å²) < 4.78 is 12.8. The first kappa shape index (κ1) is 18.4. The Bertz CT molecular complexity index is 549. The number of carbonyl (C=O) groups excluding carboxylic acids is 2. The summed E-state index contributed by atoms with van der Waals surface area (Å²) in [5, 5.41) is 5.91. The normalized spacial score (nSPS) is 20.7. The van der Waals surface area contributed by atoms with Crippen molar-refractivity contribution in [3.63, 3.8) is 0 Å². The summed E-state index contributed by atoms with van der Waals surface area (Å²) in [6.07, 6.45) is 3.76. The smallest absolute Gasteiger partial charge is 0.223 e. The molecule has 4 nitrogen and oxygen atoms in total. The van der Waals surface area contributed by atoms with E-state index in [-0.39, 0.29) is 35.5 Å². The predicted molar refractivity (Wildman–Crippen MR) is 91.8 cm³/mol. The summed E-state index contributed by atoms with van der Waals surface area (Å²) in [5.41, 5.74) is 1.01. The number of nitrogens with one attached hydrogen (secondary N) is 2. The van der Waals surface area contributed by atoms with Gasteiger partial charge in [0.1, 0.15) is 5.82 Å². The van der Waals surface area contributed by atoms with Gasteiger partial charge in [-0.2, -0.15) is 0 Å². The second-order valence-corrected chi connectivity index (χ2v) is 6.88. The molecule has 0 spiro atoms. The number of amides is 2. The highest BCUT2D eigenvalue weighted by Gasteiger charge is 2.29. The largest absolute Gasteiger partial charge is 0.356 e. The first-order valence-electron chi connectivity index (χ1n) is 8.78. The third-order valence-electron chi connectivity index (χ3n) is 4.53. The first-order valence-corrected chi connectivity index (χ1v) is 8.78. The molecule has 1 fully saturated rings. The van der Waals surface area contributed by atoms with E-state index in [0.29, 0.717) is 13.0 Å². The molecule has 1 aromatic rings. The van der Waals surface area contributed by atoms with E-state index in [1.54, 1.807) is 12.1 Å². The molecule has 24 heavy (non-hydrogen) atoms. The predicted octanol–water partition coefficient (Wildman–Crippen LogP) is 2.82. The number of benzene rings is 1. The van der Waals surface area contributed by atoms with Gasteiger partial charge in [0.25, 0.3) is 0 Å². The summed E-state index contributed by atoms with van der Waals surface area (Å²) >= 11 is 0. The fraction of sp³-hybridized carbons (Fsp3) is 0.579. The van der Waals surface area contributed by atoms with Gasteiger partial charge in [-0.05, 0) is 63.6 Å². The molecule has 2 amide bonds. The molecule has 2 N–H and O–H groups in total. The summed E-state index contributed by atoms with van der Waals surface area (Å²) in [6.45, 7) is 4.47. The van der Waals surface area contributed by atoms with Crippen LogP contribution in [0.15, 0.2) is 24.3 Å². The van der Waals surface area contributed by atoms with Crippen molar-refractivity contribution in [2.24, 2.45) is 11.8 Å². The Hall–Kier alpha value is -1.91. The van der Waals surface area contributed by atoms with Gasteiger partial charge >= 0.3 is 0 Å².